The average molecular weight is 416 g/mol. The van der Waals surface area contributed by atoms with E-state index in [2.05, 4.69) is 22.0 Å². The Bertz CT molecular complexity index is 926. The second-order valence-electron chi connectivity index (χ2n) is 6.71. The molecule has 3 aromatic rings. The summed E-state index contributed by atoms with van der Waals surface area (Å²) in [5.41, 5.74) is 2.13. The van der Waals surface area contributed by atoms with E-state index in [0.717, 1.165) is 30.7 Å². The third kappa shape index (κ3) is 6.69. The Morgan fingerprint density at radius 1 is 0.900 bits per heavy atom. The van der Waals surface area contributed by atoms with E-state index < -0.39 is 6.36 Å². The minimum Gasteiger partial charge on any atom is -0.494 e. The summed E-state index contributed by atoms with van der Waals surface area (Å²) in [7, 11) is 0. The summed E-state index contributed by atoms with van der Waals surface area (Å²) >= 11 is 0. The van der Waals surface area contributed by atoms with Crippen LogP contribution in [0.2, 0.25) is 0 Å². The Labute approximate surface area is 173 Å². The summed E-state index contributed by atoms with van der Waals surface area (Å²) in [5.74, 6) is 1.18. The van der Waals surface area contributed by atoms with Gasteiger partial charge in [0.15, 0.2) is 0 Å². The van der Waals surface area contributed by atoms with Crippen molar-refractivity contribution in [3.63, 3.8) is 0 Å². The average Bonchev–Trinajstić information content (AvgIpc) is 2.72. The van der Waals surface area contributed by atoms with Crippen molar-refractivity contribution in [1.82, 2.24) is 4.98 Å². The lowest BCUT2D eigenvalue weighted by Gasteiger charge is -2.11. The third-order valence-corrected chi connectivity index (χ3v) is 4.31. The van der Waals surface area contributed by atoms with E-state index >= 15 is 0 Å². The zero-order valence-corrected chi connectivity index (χ0v) is 16.6. The summed E-state index contributed by atoms with van der Waals surface area (Å²) < 4.78 is 46.9. The van der Waals surface area contributed by atoms with Crippen LogP contribution in [-0.2, 0) is 0 Å². The molecule has 1 aromatic heterocycles. The van der Waals surface area contributed by atoms with Crippen LogP contribution in [0.1, 0.15) is 26.2 Å². The molecule has 0 aliphatic carbocycles. The molecule has 1 N–H and O–H groups in total. The van der Waals surface area contributed by atoms with E-state index in [1.807, 2.05) is 24.3 Å². The molecular formula is C23H23F3N2O2. The molecule has 1 heterocycles. The van der Waals surface area contributed by atoms with Crippen molar-refractivity contribution in [3.8, 4) is 22.6 Å². The molecule has 0 atom stereocenters. The molecule has 0 radical (unpaired) electrons. The molecule has 0 aliphatic rings. The zero-order valence-electron chi connectivity index (χ0n) is 16.6. The van der Waals surface area contributed by atoms with E-state index in [0.29, 0.717) is 23.6 Å². The molecule has 0 aliphatic heterocycles. The number of nitrogens with one attached hydrogen (secondary N) is 1. The molecule has 30 heavy (non-hydrogen) atoms. The van der Waals surface area contributed by atoms with Crippen molar-refractivity contribution in [2.24, 2.45) is 0 Å². The highest BCUT2D eigenvalue weighted by Gasteiger charge is 2.31. The highest BCUT2D eigenvalue weighted by molar-refractivity contribution is 5.66. The molecule has 2 aromatic carbocycles. The molecule has 0 amide bonds. The highest BCUT2D eigenvalue weighted by atomic mass is 19.4. The van der Waals surface area contributed by atoms with Gasteiger partial charge >= 0.3 is 6.36 Å². The van der Waals surface area contributed by atoms with Gasteiger partial charge in [-0.05, 0) is 60.5 Å². The summed E-state index contributed by atoms with van der Waals surface area (Å²) in [6.45, 7) is 2.86. The molecule has 0 saturated heterocycles. The number of hydrogen-bond acceptors (Lipinski definition) is 4. The summed E-state index contributed by atoms with van der Waals surface area (Å²) in [5, 5.41) is 3.19. The molecule has 0 fully saturated rings. The number of aromatic nitrogens is 1. The van der Waals surface area contributed by atoms with Crippen LogP contribution in [0.4, 0.5) is 24.7 Å². The smallest absolute Gasteiger partial charge is 0.494 e. The van der Waals surface area contributed by atoms with Crippen molar-refractivity contribution in [1.29, 1.82) is 0 Å². The fourth-order valence-corrected chi connectivity index (χ4v) is 2.84. The minimum atomic E-state index is -4.72. The van der Waals surface area contributed by atoms with E-state index in [4.69, 9.17) is 4.74 Å². The Morgan fingerprint density at radius 3 is 2.37 bits per heavy atom. The predicted octanol–water partition coefficient (Wildman–Crippen LogP) is 6.96. The van der Waals surface area contributed by atoms with Crippen molar-refractivity contribution in [2.75, 3.05) is 11.9 Å². The Hall–Kier alpha value is -3.22. The first kappa shape index (κ1) is 21.5. The second-order valence-corrected chi connectivity index (χ2v) is 6.71. The maximum Gasteiger partial charge on any atom is 0.573 e. The molecule has 7 heteroatoms. The van der Waals surface area contributed by atoms with Gasteiger partial charge in [-0.3, -0.25) is 0 Å². The number of unbranched alkanes of at least 4 members (excludes halogenated alkanes) is 2. The molecule has 4 nitrogen and oxygen atoms in total. The van der Waals surface area contributed by atoms with Crippen molar-refractivity contribution in [3.05, 3.63) is 66.9 Å². The standard InChI is InChI=1S/C23H23F3N2O2/c1-2-3-4-14-29-20-11-9-19(10-12-20)28-22-13-8-18(16-27-22)17-6-5-7-21(15-17)30-23(24,25)26/h5-13,15-16H,2-4,14H2,1H3,(H,27,28). The van der Waals surface area contributed by atoms with Crippen molar-refractivity contribution < 1.29 is 22.6 Å². The van der Waals surface area contributed by atoms with Gasteiger partial charge in [-0.2, -0.15) is 0 Å². The number of ether oxygens (including phenoxy) is 2. The molecule has 158 valence electrons. The lowest BCUT2D eigenvalue weighted by Crippen LogP contribution is -2.17. The minimum absolute atomic E-state index is 0.265. The number of rotatable bonds is 9. The normalized spacial score (nSPS) is 11.2. The SMILES string of the molecule is CCCCCOc1ccc(Nc2ccc(-c3cccc(OC(F)(F)F)c3)cn2)cc1. The van der Waals surface area contributed by atoms with Crippen LogP contribution in [0, 0.1) is 0 Å². The lowest BCUT2D eigenvalue weighted by molar-refractivity contribution is -0.274. The van der Waals surface area contributed by atoms with Gasteiger partial charge in [-0.15, -0.1) is 13.2 Å². The van der Waals surface area contributed by atoms with E-state index in [9.17, 15) is 13.2 Å². The van der Waals surface area contributed by atoms with Crippen molar-refractivity contribution >= 4 is 11.5 Å². The quantitative estimate of drug-likeness (QED) is 0.383. The zero-order chi connectivity index (χ0) is 21.4. The van der Waals surface area contributed by atoms with Gasteiger partial charge in [0.25, 0.3) is 0 Å². The number of pyridine rings is 1. The van der Waals surface area contributed by atoms with E-state index in [-0.39, 0.29) is 5.75 Å². The largest absolute Gasteiger partial charge is 0.573 e. The van der Waals surface area contributed by atoms with Crippen LogP contribution in [-0.4, -0.2) is 18.0 Å². The van der Waals surface area contributed by atoms with Crippen LogP contribution in [0.3, 0.4) is 0 Å². The number of hydrogen-bond donors (Lipinski definition) is 1. The van der Waals surface area contributed by atoms with E-state index in [1.165, 1.54) is 18.2 Å². The molecule has 0 spiro atoms. The monoisotopic (exact) mass is 416 g/mol. The van der Waals surface area contributed by atoms with E-state index in [1.54, 1.807) is 24.4 Å². The third-order valence-electron chi connectivity index (χ3n) is 4.31. The van der Waals surface area contributed by atoms with Gasteiger partial charge < -0.3 is 14.8 Å². The number of benzene rings is 2. The molecule has 0 bridgehead atoms. The Kier molecular flexibility index (Phi) is 7.17. The first-order valence-electron chi connectivity index (χ1n) is 9.75. The van der Waals surface area contributed by atoms with Crippen LogP contribution in [0.5, 0.6) is 11.5 Å². The first-order chi connectivity index (χ1) is 14.4. The van der Waals surface area contributed by atoms with Crippen LogP contribution in [0.15, 0.2) is 66.9 Å². The van der Waals surface area contributed by atoms with Crippen LogP contribution >= 0.6 is 0 Å². The fourth-order valence-electron chi connectivity index (χ4n) is 2.84. The second kappa shape index (κ2) is 10.0. The first-order valence-corrected chi connectivity index (χ1v) is 9.75. The molecule has 3 rings (SSSR count). The maximum absolute atomic E-state index is 12.4. The van der Waals surface area contributed by atoms with Gasteiger partial charge in [-0.1, -0.05) is 31.9 Å². The van der Waals surface area contributed by atoms with Gasteiger partial charge in [0.2, 0.25) is 0 Å². The molecule has 0 unspecified atom stereocenters. The van der Waals surface area contributed by atoms with Gasteiger partial charge in [0, 0.05) is 17.4 Å². The van der Waals surface area contributed by atoms with Gasteiger partial charge in [-0.25, -0.2) is 4.98 Å². The number of halogens is 3. The maximum atomic E-state index is 12.4. The number of alkyl halides is 3. The number of nitrogens with zero attached hydrogens (tertiary/aromatic N) is 1. The summed E-state index contributed by atoms with van der Waals surface area (Å²) in [6.07, 6.45) is 0.227. The van der Waals surface area contributed by atoms with Crippen molar-refractivity contribution in [2.45, 2.75) is 32.5 Å². The molecular weight excluding hydrogens is 393 g/mol. The lowest BCUT2D eigenvalue weighted by atomic mass is 10.1. The van der Waals surface area contributed by atoms with Gasteiger partial charge in [0.05, 0.1) is 6.61 Å². The summed E-state index contributed by atoms with van der Waals surface area (Å²) in [6, 6.07) is 17.0. The Morgan fingerprint density at radius 2 is 1.70 bits per heavy atom. The summed E-state index contributed by atoms with van der Waals surface area (Å²) in [4.78, 5) is 4.34. The number of anilines is 2. The van der Waals surface area contributed by atoms with Gasteiger partial charge in [0.1, 0.15) is 17.3 Å². The van der Waals surface area contributed by atoms with Crippen LogP contribution in [0.25, 0.3) is 11.1 Å². The topological polar surface area (TPSA) is 43.4 Å². The predicted molar refractivity (Wildman–Crippen MR) is 111 cm³/mol. The van der Waals surface area contributed by atoms with Crippen LogP contribution < -0.4 is 14.8 Å². The fraction of sp³-hybridized carbons (Fsp3) is 0.261. The molecule has 0 saturated carbocycles. The Balaban J connectivity index is 1.60. The highest BCUT2D eigenvalue weighted by Crippen LogP contribution is 2.28.